The molecule has 1 aromatic heterocycles. The first-order valence-corrected chi connectivity index (χ1v) is 7.78. The highest BCUT2D eigenvalue weighted by Gasteiger charge is 2.28. The number of rotatable bonds is 3. The minimum atomic E-state index is 0.133. The van der Waals surface area contributed by atoms with Crippen LogP contribution >= 0.6 is 11.6 Å². The lowest BCUT2D eigenvalue weighted by Crippen LogP contribution is -2.21. The fourth-order valence-electron chi connectivity index (χ4n) is 3.17. The number of Topliss-reactive ketones (excluding diaryl/α,β-unsaturated/α-hetero) is 1. The second-order valence-corrected chi connectivity index (χ2v) is 6.22. The van der Waals surface area contributed by atoms with Gasteiger partial charge in [0, 0.05) is 16.3 Å². The van der Waals surface area contributed by atoms with E-state index >= 15 is 0 Å². The van der Waals surface area contributed by atoms with Crippen molar-refractivity contribution in [1.29, 1.82) is 0 Å². The third-order valence-corrected chi connectivity index (χ3v) is 4.75. The highest BCUT2D eigenvalue weighted by atomic mass is 35.5. The normalized spacial score (nSPS) is 23.1. The van der Waals surface area contributed by atoms with E-state index in [-0.39, 0.29) is 11.7 Å². The van der Waals surface area contributed by atoms with Crippen molar-refractivity contribution in [2.75, 3.05) is 0 Å². The summed E-state index contributed by atoms with van der Waals surface area (Å²) in [6, 6.07) is 7.27. The Morgan fingerprint density at radius 1 is 1.25 bits per heavy atom. The second-order valence-electron chi connectivity index (χ2n) is 5.78. The van der Waals surface area contributed by atoms with Crippen molar-refractivity contribution < 1.29 is 9.21 Å². The molecule has 1 fully saturated rings. The molecule has 0 radical (unpaired) electrons. The Balaban J connectivity index is 1.79. The highest BCUT2D eigenvalue weighted by Crippen LogP contribution is 2.33. The fraction of sp³-hybridized carbons (Fsp3) is 0.471. The van der Waals surface area contributed by atoms with Gasteiger partial charge in [-0.05, 0) is 55.9 Å². The summed E-state index contributed by atoms with van der Waals surface area (Å²) in [5.74, 6) is 1.58. The molecule has 0 bridgehead atoms. The molecule has 106 valence electrons. The van der Waals surface area contributed by atoms with E-state index in [4.69, 9.17) is 16.0 Å². The highest BCUT2D eigenvalue weighted by molar-refractivity contribution is 6.31. The predicted octanol–water partition coefficient (Wildman–Crippen LogP) is 5.49. The number of hydrogen-bond acceptors (Lipinski definition) is 2. The Morgan fingerprint density at radius 2 is 2.00 bits per heavy atom. The van der Waals surface area contributed by atoms with E-state index in [1.807, 2.05) is 18.2 Å². The van der Waals surface area contributed by atoms with Crippen molar-refractivity contribution in [3.05, 3.63) is 35.0 Å². The largest absolute Gasteiger partial charge is 0.453 e. The third kappa shape index (κ3) is 2.62. The Morgan fingerprint density at radius 3 is 2.70 bits per heavy atom. The number of hydrogen-bond donors (Lipinski definition) is 0. The minimum Gasteiger partial charge on any atom is -0.453 e. The topological polar surface area (TPSA) is 30.2 Å². The van der Waals surface area contributed by atoms with E-state index in [0.29, 0.717) is 10.8 Å². The van der Waals surface area contributed by atoms with Crippen LogP contribution in [0, 0.1) is 11.8 Å². The van der Waals surface area contributed by atoms with Crippen molar-refractivity contribution >= 4 is 28.4 Å². The molecule has 20 heavy (non-hydrogen) atoms. The van der Waals surface area contributed by atoms with Gasteiger partial charge in [0.15, 0.2) is 5.76 Å². The molecule has 3 heteroatoms. The van der Waals surface area contributed by atoms with Crippen LogP contribution in [0.3, 0.4) is 0 Å². The number of carbonyl (C=O) groups is 1. The Hall–Kier alpha value is -1.28. The molecule has 1 aliphatic rings. The first-order valence-electron chi connectivity index (χ1n) is 7.40. The number of benzene rings is 1. The van der Waals surface area contributed by atoms with Gasteiger partial charge >= 0.3 is 0 Å². The average Bonchev–Trinajstić information content (AvgIpc) is 2.89. The first-order chi connectivity index (χ1) is 9.67. The summed E-state index contributed by atoms with van der Waals surface area (Å²) in [7, 11) is 0. The molecule has 1 aliphatic carbocycles. The summed E-state index contributed by atoms with van der Waals surface area (Å²) >= 11 is 5.96. The molecule has 0 unspecified atom stereocenters. The minimum absolute atomic E-state index is 0.133. The van der Waals surface area contributed by atoms with Gasteiger partial charge in [0.2, 0.25) is 5.78 Å². The molecule has 0 saturated heterocycles. The van der Waals surface area contributed by atoms with Crippen LogP contribution in [0.2, 0.25) is 5.02 Å². The number of halogens is 1. The van der Waals surface area contributed by atoms with E-state index in [1.54, 1.807) is 6.07 Å². The molecule has 2 nitrogen and oxygen atoms in total. The maximum Gasteiger partial charge on any atom is 0.201 e. The van der Waals surface area contributed by atoms with Crippen LogP contribution in [0.25, 0.3) is 11.0 Å². The summed E-state index contributed by atoms with van der Waals surface area (Å²) in [6.07, 6.45) is 5.55. The summed E-state index contributed by atoms with van der Waals surface area (Å²) in [4.78, 5) is 12.5. The molecule has 0 atom stereocenters. The van der Waals surface area contributed by atoms with Gasteiger partial charge in [-0.3, -0.25) is 4.79 Å². The number of fused-ring (bicyclic) bond motifs is 1. The predicted molar refractivity (Wildman–Crippen MR) is 81.3 cm³/mol. The molecule has 0 N–H and O–H groups in total. The van der Waals surface area contributed by atoms with E-state index in [0.717, 1.165) is 29.7 Å². The van der Waals surface area contributed by atoms with Crippen LogP contribution in [0.5, 0.6) is 0 Å². The smallest absolute Gasteiger partial charge is 0.201 e. The molecule has 2 aromatic rings. The average molecular weight is 291 g/mol. The van der Waals surface area contributed by atoms with Crippen LogP contribution in [0.1, 0.15) is 49.6 Å². The second kappa shape index (κ2) is 5.61. The van der Waals surface area contributed by atoms with Crippen molar-refractivity contribution in [2.45, 2.75) is 39.0 Å². The Bertz CT molecular complexity index is 621. The number of ketones is 1. The number of carbonyl (C=O) groups excluding carboxylic acids is 1. The molecule has 0 amide bonds. The maximum absolute atomic E-state index is 12.5. The Labute approximate surface area is 124 Å². The van der Waals surface area contributed by atoms with E-state index < -0.39 is 0 Å². The molecule has 1 heterocycles. The van der Waals surface area contributed by atoms with Gasteiger partial charge in [0.1, 0.15) is 5.58 Å². The molecule has 3 rings (SSSR count). The van der Waals surface area contributed by atoms with Crippen LogP contribution in [0.4, 0.5) is 0 Å². The van der Waals surface area contributed by atoms with E-state index in [2.05, 4.69) is 6.92 Å². The summed E-state index contributed by atoms with van der Waals surface area (Å²) < 4.78 is 5.68. The molecule has 1 aromatic carbocycles. The standard InChI is InChI=1S/C17H19ClO2/c1-2-11-3-5-12(6-4-11)17(19)16-10-13-9-14(18)7-8-15(13)20-16/h7-12H,2-6H2,1H3. The summed E-state index contributed by atoms with van der Waals surface area (Å²) in [5.41, 5.74) is 0.736. The monoisotopic (exact) mass is 290 g/mol. The number of furan rings is 1. The van der Waals surface area contributed by atoms with Crippen molar-refractivity contribution in [1.82, 2.24) is 0 Å². The van der Waals surface area contributed by atoms with Crippen molar-refractivity contribution in [3.63, 3.8) is 0 Å². The van der Waals surface area contributed by atoms with E-state index in [1.165, 1.54) is 19.3 Å². The van der Waals surface area contributed by atoms with Crippen LogP contribution < -0.4 is 0 Å². The quantitative estimate of drug-likeness (QED) is 0.700. The van der Waals surface area contributed by atoms with Crippen molar-refractivity contribution in [3.8, 4) is 0 Å². The van der Waals surface area contributed by atoms with Crippen molar-refractivity contribution in [2.24, 2.45) is 11.8 Å². The lowest BCUT2D eigenvalue weighted by Gasteiger charge is -2.26. The molecule has 1 saturated carbocycles. The molecule has 0 spiro atoms. The van der Waals surface area contributed by atoms with Gasteiger partial charge in [-0.2, -0.15) is 0 Å². The maximum atomic E-state index is 12.5. The first kappa shape index (κ1) is 13.7. The van der Waals surface area contributed by atoms with Gasteiger partial charge in [0.25, 0.3) is 0 Å². The van der Waals surface area contributed by atoms with Crippen LogP contribution in [-0.2, 0) is 0 Å². The summed E-state index contributed by atoms with van der Waals surface area (Å²) in [6.45, 7) is 2.23. The van der Waals surface area contributed by atoms with E-state index in [9.17, 15) is 4.79 Å². The summed E-state index contributed by atoms with van der Waals surface area (Å²) in [5, 5.41) is 1.57. The fourth-order valence-corrected chi connectivity index (χ4v) is 3.35. The molecular formula is C17H19ClO2. The molecule has 0 aliphatic heterocycles. The third-order valence-electron chi connectivity index (χ3n) is 4.52. The van der Waals surface area contributed by atoms with Gasteiger partial charge in [-0.1, -0.05) is 24.9 Å². The SMILES string of the molecule is CCC1CCC(C(=O)c2cc3cc(Cl)ccc3o2)CC1. The lowest BCUT2D eigenvalue weighted by atomic mass is 9.78. The zero-order valence-corrected chi connectivity index (χ0v) is 12.5. The zero-order valence-electron chi connectivity index (χ0n) is 11.7. The zero-order chi connectivity index (χ0) is 14.1. The van der Waals surface area contributed by atoms with Crippen LogP contribution in [-0.4, -0.2) is 5.78 Å². The Kier molecular flexibility index (Phi) is 3.84. The van der Waals surface area contributed by atoms with Gasteiger partial charge in [-0.25, -0.2) is 0 Å². The molecular weight excluding hydrogens is 272 g/mol. The van der Waals surface area contributed by atoms with Gasteiger partial charge < -0.3 is 4.42 Å². The lowest BCUT2D eigenvalue weighted by molar-refractivity contribution is 0.0844. The van der Waals surface area contributed by atoms with Gasteiger partial charge in [-0.15, -0.1) is 0 Å². The van der Waals surface area contributed by atoms with Gasteiger partial charge in [0.05, 0.1) is 0 Å². The van der Waals surface area contributed by atoms with Crippen LogP contribution in [0.15, 0.2) is 28.7 Å².